The molecule has 37 heavy (non-hydrogen) atoms. The van der Waals surface area contributed by atoms with Gasteiger partial charge in [-0.05, 0) is 17.5 Å². The molecule has 1 aromatic carbocycles. The predicted octanol–water partition coefficient (Wildman–Crippen LogP) is 3.90. The third kappa shape index (κ3) is 3.31. The number of thiophene rings is 1. The first-order chi connectivity index (χ1) is 17.9. The van der Waals surface area contributed by atoms with Crippen LogP contribution >= 0.6 is 11.3 Å². The number of benzene rings is 1. The van der Waals surface area contributed by atoms with Crippen molar-refractivity contribution in [2.24, 2.45) is 0 Å². The molecule has 0 aliphatic carbocycles. The van der Waals surface area contributed by atoms with Gasteiger partial charge in [0.05, 0.1) is 35.4 Å². The van der Waals surface area contributed by atoms with Crippen LogP contribution in [0.3, 0.4) is 0 Å². The summed E-state index contributed by atoms with van der Waals surface area (Å²) in [5, 5.41) is 10.6. The number of halogens is 3. The number of anilines is 2. The summed E-state index contributed by atoms with van der Waals surface area (Å²) in [4.78, 5) is 17.5. The van der Waals surface area contributed by atoms with E-state index in [0.29, 0.717) is 49.5 Å². The molecule has 12 heteroatoms. The molecule has 7 rings (SSSR count). The molecule has 2 N–H and O–H groups in total. The Balaban J connectivity index is 1.42. The Kier molecular flexibility index (Phi) is 5.04. The molecule has 2 fully saturated rings. The van der Waals surface area contributed by atoms with Crippen LogP contribution in [0.5, 0.6) is 0 Å². The molecule has 2 saturated heterocycles. The lowest BCUT2D eigenvalue weighted by atomic mass is 9.94. The van der Waals surface area contributed by atoms with E-state index in [1.165, 1.54) is 0 Å². The van der Waals surface area contributed by atoms with Gasteiger partial charge in [-0.25, -0.2) is 23.1 Å². The molecular formula is C25H20F3N7OS. The van der Waals surface area contributed by atoms with Crippen molar-refractivity contribution < 1.29 is 17.9 Å². The maximum atomic E-state index is 16.4. The van der Waals surface area contributed by atoms with E-state index in [-0.39, 0.29) is 56.7 Å². The molecule has 0 amide bonds. The normalized spacial score (nSPS) is 21.5. The monoisotopic (exact) mass is 523 g/mol. The van der Waals surface area contributed by atoms with Crippen LogP contribution < -0.4 is 10.6 Å². The van der Waals surface area contributed by atoms with Gasteiger partial charge in [-0.1, -0.05) is 0 Å². The Hall–Kier alpha value is -3.53. The highest BCUT2D eigenvalue weighted by atomic mass is 32.1. The highest BCUT2D eigenvalue weighted by Gasteiger charge is 2.37. The van der Waals surface area contributed by atoms with E-state index in [1.54, 1.807) is 6.20 Å². The van der Waals surface area contributed by atoms with Gasteiger partial charge < -0.3 is 15.4 Å². The predicted molar refractivity (Wildman–Crippen MR) is 133 cm³/mol. The molecule has 188 valence electrons. The Morgan fingerprint density at radius 2 is 1.97 bits per heavy atom. The number of hydrogen-bond acceptors (Lipinski definition) is 9. The maximum absolute atomic E-state index is 16.4. The molecule has 0 bridgehead atoms. The Labute approximate surface area is 213 Å². The van der Waals surface area contributed by atoms with E-state index >= 15 is 4.39 Å². The largest absolute Gasteiger partial charge is 0.389 e. The standard InChI is InChI=1S/C25H20F3N7OS/c26-11-3-12-8-35(2-1-34(12)7-11)25-32-5-14-15-9-36-10-16(15)18(20(28)21(14)33-25)22-19-13(4-29)24(30)37-23(19)17(27)6-31-22/h5-6,11-12H,1-3,7-10,30H2/t11-,12-/m0/s1. The molecule has 4 aromatic rings. The average molecular weight is 524 g/mol. The van der Waals surface area contributed by atoms with Crippen molar-refractivity contribution in [2.45, 2.75) is 31.8 Å². The first kappa shape index (κ1) is 22.7. The lowest BCUT2D eigenvalue weighted by Gasteiger charge is -2.37. The molecule has 3 aliphatic rings. The molecule has 3 aliphatic heterocycles. The fourth-order valence-corrected chi connectivity index (χ4v) is 6.77. The molecule has 6 heterocycles. The van der Waals surface area contributed by atoms with Crippen molar-refractivity contribution >= 4 is 43.3 Å². The quantitative estimate of drug-likeness (QED) is 0.422. The van der Waals surface area contributed by atoms with E-state index in [9.17, 15) is 14.0 Å². The van der Waals surface area contributed by atoms with Gasteiger partial charge in [0.1, 0.15) is 22.8 Å². The number of nitriles is 1. The molecular weight excluding hydrogens is 503 g/mol. The van der Waals surface area contributed by atoms with E-state index < -0.39 is 17.8 Å². The first-order valence-electron chi connectivity index (χ1n) is 11.9. The second kappa shape index (κ2) is 8.24. The zero-order valence-corrected chi connectivity index (χ0v) is 20.3. The van der Waals surface area contributed by atoms with Crippen molar-refractivity contribution in [1.29, 1.82) is 5.26 Å². The van der Waals surface area contributed by atoms with Gasteiger partial charge >= 0.3 is 0 Å². The number of ether oxygens (including phenoxy) is 1. The number of nitrogens with zero attached hydrogens (tertiary/aromatic N) is 6. The van der Waals surface area contributed by atoms with Gasteiger partial charge in [-0.15, -0.1) is 11.3 Å². The molecule has 0 saturated carbocycles. The Bertz CT molecular complexity index is 1650. The van der Waals surface area contributed by atoms with Crippen molar-refractivity contribution in [2.75, 3.05) is 36.8 Å². The number of nitrogen functional groups attached to an aromatic ring is 1. The number of hydrogen-bond donors (Lipinski definition) is 1. The van der Waals surface area contributed by atoms with Gasteiger partial charge in [-0.3, -0.25) is 9.88 Å². The minimum atomic E-state index is -0.838. The number of pyridine rings is 1. The van der Waals surface area contributed by atoms with E-state index in [1.807, 2.05) is 11.0 Å². The number of fused-ring (bicyclic) bond motifs is 5. The molecule has 2 atom stereocenters. The summed E-state index contributed by atoms with van der Waals surface area (Å²) in [7, 11) is 0. The second-order valence-electron chi connectivity index (χ2n) is 9.61. The summed E-state index contributed by atoms with van der Waals surface area (Å²) in [6.07, 6.45) is 2.25. The van der Waals surface area contributed by atoms with Crippen LogP contribution in [0.15, 0.2) is 12.4 Å². The lowest BCUT2D eigenvalue weighted by molar-refractivity contribution is 0.135. The molecule has 0 radical (unpaired) electrons. The van der Waals surface area contributed by atoms with Gasteiger partial charge in [0, 0.05) is 54.8 Å². The highest BCUT2D eigenvalue weighted by Crippen LogP contribution is 2.45. The van der Waals surface area contributed by atoms with E-state index in [4.69, 9.17) is 10.5 Å². The summed E-state index contributed by atoms with van der Waals surface area (Å²) in [6, 6.07) is 2.09. The maximum Gasteiger partial charge on any atom is 0.226 e. The summed E-state index contributed by atoms with van der Waals surface area (Å²) < 4.78 is 50.8. The topological polar surface area (TPSA) is 104 Å². The second-order valence-corrected chi connectivity index (χ2v) is 10.7. The van der Waals surface area contributed by atoms with Gasteiger partial charge in [0.2, 0.25) is 5.95 Å². The number of alkyl halides is 1. The number of aromatic nitrogens is 3. The van der Waals surface area contributed by atoms with Gasteiger partial charge in [0.15, 0.2) is 11.6 Å². The fraction of sp³-hybridized carbons (Fsp3) is 0.360. The summed E-state index contributed by atoms with van der Waals surface area (Å²) in [5.41, 5.74) is 7.74. The average Bonchev–Trinajstić information content (AvgIpc) is 3.60. The minimum absolute atomic E-state index is 0.0677. The summed E-state index contributed by atoms with van der Waals surface area (Å²) in [6.45, 7) is 2.67. The Morgan fingerprint density at radius 1 is 1.14 bits per heavy atom. The zero-order valence-electron chi connectivity index (χ0n) is 19.5. The van der Waals surface area contributed by atoms with Gasteiger partial charge in [-0.2, -0.15) is 5.26 Å². The van der Waals surface area contributed by atoms with Crippen molar-refractivity contribution in [1.82, 2.24) is 19.9 Å². The van der Waals surface area contributed by atoms with E-state index in [2.05, 4.69) is 19.9 Å². The van der Waals surface area contributed by atoms with E-state index in [0.717, 1.165) is 23.1 Å². The van der Waals surface area contributed by atoms with Crippen LogP contribution in [0.4, 0.5) is 24.1 Å². The smallest absolute Gasteiger partial charge is 0.226 e. The molecule has 0 unspecified atom stereocenters. The number of nitrogens with two attached hydrogens (primary N) is 1. The number of piperazine rings is 1. The number of rotatable bonds is 2. The first-order valence-corrected chi connectivity index (χ1v) is 12.7. The summed E-state index contributed by atoms with van der Waals surface area (Å²) >= 11 is 0.934. The highest BCUT2D eigenvalue weighted by molar-refractivity contribution is 7.23. The van der Waals surface area contributed by atoms with Crippen molar-refractivity contribution in [3.63, 3.8) is 0 Å². The van der Waals surface area contributed by atoms with Crippen molar-refractivity contribution in [3.05, 3.63) is 40.7 Å². The molecule has 3 aromatic heterocycles. The molecule has 0 spiro atoms. The zero-order chi connectivity index (χ0) is 25.4. The lowest BCUT2D eigenvalue weighted by Crippen LogP contribution is -2.50. The van der Waals surface area contributed by atoms with Crippen LogP contribution in [-0.4, -0.2) is 58.2 Å². The SMILES string of the molecule is N#Cc1c(N)sc2c(F)cnc(-c3c4c(c5cnc(N6CCN7C[C@@H](F)C[C@H]7C6)nc5c3F)COC4)c12. The fourth-order valence-electron chi connectivity index (χ4n) is 5.85. The Morgan fingerprint density at radius 3 is 2.81 bits per heavy atom. The van der Waals surface area contributed by atoms with Crippen LogP contribution in [0.1, 0.15) is 23.1 Å². The van der Waals surface area contributed by atoms with Crippen LogP contribution in [0.25, 0.3) is 32.2 Å². The third-order valence-corrected chi connectivity index (χ3v) is 8.61. The van der Waals surface area contributed by atoms with Crippen LogP contribution in [0.2, 0.25) is 0 Å². The van der Waals surface area contributed by atoms with Crippen molar-refractivity contribution in [3.8, 4) is 17.3 Å². The minimum Gasteiger partial charge on any atom is -0.389 e. The molecule has 8 nitrogen and oxygen atoms in total. The third-order valence-electron chi connectivity index (χ3n) is 7.58. The van der Waals surface area contributed by atoms with Crippen LogP contribution in [-0.2, 0) is 18.0 Å². The van der Waals surface area contributed by atoms with Crippen LogP contribution in [0, 0.1) is 23.0 Å². The summed E-state index contributed by atoms with van der Waals surface area (Å²) in [5.74, 6) is -0.898. The van der Waals surface area contributed by atoms with Gasteiger partial charge in [0.25, 0.3) is 0 Å².